The average molecular weight is 302 g/mol. The van der Waals surface area contributed by atoms with E-state index in [0.29, 0.717) is 11.7 Å². The molecule has 1 fully saturated rings. The van der Waals surface area contributed by atoms with Crippen LogP contribution in [0.4, 0.5) is 0 Å². The summed E-state index contributed by atoms with van der Waals surface area (Å²) in [6, 6.07) is 1.04. The van der Waals surface area contributed by atoms with Gasteiger partial charge in [-0.25, -0.2) is 0 Å². The highest BCUT2D eigenvalue weighted by Gasteiger charge is 2.49. The highest BCUT2D eigenvalue weighted by Crippen LogP contribution is 2.34. The number of amides is 1. The van der Waals surface area contributed by atoms with E-state index in [4.69, 9.17) is 4.43 Å². The lowest BCUT2D eigenvalue weighted by Gasteiger charge is -2.45. The maximum absolute atomic E-state index is 11.6. The van der Waals surface area contributed by atoms with E-state index in [9.17, 15) is 9.90 Å². The van der Waals surface area contributed by atoms with Gasteiger partial charge in [0.05, 0.1) is 5.73 Å². The molecule has 19 heavy (non-hydrogen) atoms. The van der Waals surface area contributed by atoms with Crippen LogP contribution in [-0.2, 0) is 9.22 Å². The van der Waals surface area contributed by atoms with Crippen molar-refractivity contribution in [2.45, 2.75) is 57.4 Å². The van der Waals surface area contributed by atoms with Gasteiger partial charge >= 0.3 is 0 Å². The Balaban J connectivity index is 2.51. The molecule has 3 atom stereocenters. The number of aliphatic hydroxyl groups excluding tert-OH is 1. The first-order chi connectivity index (χ1) is 8.58. The molecule has 2 N–H and O–H groups in total. The summed E-state index contributed by atoms with van der Waals surface area (Å²) in [5.41, 5.74) is 0.462. The molecule has 110 valence electrons. The smallest absolute Gasteiger partial charge is 0.246 e. The van der Waals surface area contributed by atoms with E-state index in [1.807, 2.05) is 0 Å². The Kier molecular flexibility index (Phi) is 5.17. The number of nitrogens with one attached hydrogen (secondary N) is 1. The van der Waals surface area contributed by atoms with Crippen LogP contribution >= 0.6 is 0 Å². The van der Waals surface area contributed by atoms with Crippen LogP contribution in [0.15, 0.2) is 12.2 Å². The summed E-state index contributed by atoms with van der Waals surface area (Å²) in [4.78, 5) is 11.6. The predicted octanol–water partition coefficient (Wildman–Crippen LogP) is 1.75. The molecule has 1 aliphatic rings. The van der Waals surface area contributed by atoms with Gasteiger partial charge in [0.1, 0.15) is 8.07 Å². The van der Waals surface area contributed by atoms with E-state index >= 15 is 0 Å². The molecular weight excluding hydrogens is 274 g/mol. The van der Waals surface area contributed by atoms with Crippen LogP contribution in [0.2, 0.25) is 25.7 Å². The number of carbonyl (C=O) groups excluding carboxylic acids is 1. The lowest BCUT2D eigenvalue weighted by atomic mass is 10.3. The second-order valence-electron chi connectivity index (χ2n) is 6.58. The molecule has 3 unspecified atom stereocenters. The highest BCUT2D eigenvalue weighted by atomic mass is 28.4. The third-order valence-electron chi connectivity index (χ3n) is 4.26. The minimum Gasteiger partial charge on any atom is -0.415 e. The molecule has 4 nitrogen and oxygen atoms in total. The molecule has 1 amide bonds. The van der Waals surface area contributed by atoms with Gasteiger partial charge in [0.2, 0.25) is 14.2 Å². The summed E-state index contributed by atoms with van der Waals surface area (Å²) < 4.78 is 6.22. The normalized spacial score (nSPS) is 28.4. The molecule has 0 spiro atoms. The fraction of sp³-hybridized carbons (Fsp3) is 0.769. The van der Waals surface area contributed by atoms with E-state index in [1.165, 1.54) is 0 Å². The maximum Gasteiger partial charge on any atom is 0.246 e. The molecule has 0 aromatic rings. The molecule has 6 heteroatoms. The third-order valence-corrected chi connectivity index (χ3v) is 11.8. The first kappa shape index (κ1) is 16.6. The second-order valence-corrected chi connectivity index (χ2v) is 15.8. The van der Waals surface area contributed by atoms with Crippen LogP contribution in [-0.4, -0.2) is 45.0 Å². The Morgan fingerprint density at radius 1 is 1.63 bits per heavy atom. The van der Waals surface area contributed by atoms with Crippen molar-refractivity contribution < 1.29 is 14.3 Å². The van der Waals surface area contributed by atoms with E-state index < -0.39 is 16.4 Å². The van der Waals surface area contributed by atoms with Crippen molar-refractivity contribution in [3.05, 3.63) is 12.2 Å². The molecule has 1 heterocycles. The molecule has 0 saturated carbocycles. The number of hydrogen-bond acceptors (Lipinski definition) is 3. The number of rotatable bonds is 6. The molecular formula is C13H27NO3Si2. The first-order valence-electron chi connectivity index (χ1n) is 6.88. The maximum atomic E-state index is 11.6. The lowest BCUT2D eigenvalue weighted by molar-refractivity contribution is -0.117. The lowest BCUT2D eigenvalue weighted by Crippen LogP contribution is -2.62. The van der Waals surface area contributed by atoms with Gasteiger partial charge in [0.25, 0.3) is 0 Å². The Hall–Kier alpha value is -0.436. The van der Waals surface area contributed by atoms with Crippen LogP contribution in [0.1, 0.15) is 20.3 Å². The Morgan fingerprint density at radius 3 is 2.58 bits per heavy atom. The van der Waals surface area contributed by atoms with Gasteiger partial charge in [-0.3, -0.25) is 4.79 Å². The van der Waals surface area contributed by atoms with E-state index in [-0.39, 0.29) is 17.4 Å². The van der Waals surface area contributed by atoms with Crippen molar-refractivity contribution in [3.63, 3.8) is 0 Å². The van der Waals surface area contributed by atoms with Gasteiger partial charge in [-0.1, -0.05) is 19.7 Å². The van der Waals surface area contributed by atoms with Gasteiger partial charge in [-0.05, 0) is 32.9 Å². The summed E-state index contributed by atoms with van der Waals surface area (Å²) >= 11 is 0. The largest absolute Gasteiger partial charge is 0.415 e. The number of carbonyl (C=O) groups is 1. The van der Waals surface area contributed by atoms with Crippen molar-refractivity contribution in [1.82, 2.24) is 5.32 Å². The molecule has 0 aromatic carbocycles. The second kappa shape index (κ2) is 5.91. The minimum atomic E-state index is -1.89. The number of hydrogen-bond donors (Lipinski definition) is 2. The molecule has 0 aliphatic carbocycles. The summed E-state index contributed by atoms with van der Waals surface area (Å²) in [6.45, 7) is 14.0. The van der Waals surface area contributed by atoms with E-state index in [1.54, 1.807) is 6.92 Å². The SMILES string of the molecule is C=C(C)C(=O)NC[Si](C)(C)C(C)O[Si]1(C)CCC1O. The molecule has 0 radical (unpaired) electrons. The monoisotopic (exact) mass is 301 g/mol. The van der Waals surface area contributed by atoms with Crippen LogP contribution in [0, 0.1) is 0 Å². The average Bonchev–Trinajstić information content (AvgIpc) is 2.33. The molecule has 0 aromatic heterocycles. The van der Waals surface area contributed by atoms with Crippen molar-refractivity contribution in [1.29, 1.82) is 0 Å². The molecule has 1 saturated heterocycles. The standard InChI is InChI=1S/C13H27NO3Si2/c1-10(2)13(16)14-9-18(4,5)11(3)17-19(6)8-7-12(19)15/h11-12,15H,1,7-9H2,2-6H3,(H,14,16). The van der Waals surface area contributed by atoms with Crippen molar-refractivity contribution in [3.8, 4) is 0 Å². The fourth-order valence-corrected chi connectivity index (χ4v) is 7.41. The van der Waals surface area contributed by atoms with Crippen LogP contribution in [0.25, 0.3) is 0 Å². The zero-order valence-corrected chi connectivity index (χ0v) is 14.7. The molecule has 1 aliphatic heterocycles. The summed E-state index contributed by atoms with van der Waals surface area (Å²) in [5.74, 6) is -0.0834. The van der Waals surface area contributed by atoms with Gasteiger partial charge in [-0.2, -0.15) is 0 Å². The molecule has 0 bridgehead atoms. The van der Waals surface area contributed by atoms with Gasteiger partial charge in [0, 0.05) is 17.5 Å². The van der Waals surface area contributed by atoms with Crippen molar-refractivity contribution in [2.24, 2.45) is 0 Å². The highest BCUT2D eigenvalue weighted by molar-refractivity contribution is 6.81. The van der Waals surface area contributed by atoms with Crippen LogP contribution in [0.5, 0.6) is 0 Å². The number of aliphatic hydroxyl groups is 1. The van der Waals surface area contributed by atoms with E-state index in [2.05, 4.69) is 38.5 Å². The van der Waals surface area contributed by atoms with Gasteiger partial charge < -0.3 is 14.8 Å². The van der Waals surface area contributed by atoms with E-state index in [0.717, 1.165) is 12.5 Å². The quantitative estimate of drug-likeness (QED) is 0.580. The summed E-state index contributed by atoms with van der Waals surface area (Å²) in [5, 5.41) is 12.8. The topological polar surface area (TPSA) is 58.6 Å². The van der Waals surface area contributed by atoms with Gasteiger partial charge in [0.15, 0.2) is 0 Å². The minimum absolute atomic E-state index is 0.0834. The van der Waals surface area contributed by atoms with Crippen molar-refractivity contribution in [2.75, 3.05) is 6.17 Å². The zero-order chi connectivity index (χ0) is 14.8. The Morgan fingerprint density at radius 2 is 2.21 bits per heavy atom. The molecule has 1 rings (SSSR count). The Labute approximate surface area is 118 Å². The van der Waals surface area contributed by atoms with Crippen molar-refractivity contribution >= 4 is 22.3 Å². The Bertz CT molecular complexity index is 373. The summed E-state index contributed by atoms with van der Waals surface area (Å²) in [6.07, 6.45) is 1.56. The first-order valence-corrected chi connectivity index (χ1v) is 12.9. The fourth-order valence-electron chi connectivity index (χ4n) is 1.98. The van der Waals surface area contributed by atoms with Crippen LogP contribution < -0.4 is 5.32 Å². The summed E-state index contributed by atoms with van der Waals surface area (Å²) in [7, 11) is -3.60. The van der Waals surface area contributed by atoms with Gasteiger partial charge in [-0.15, -0.1) is 0 Å². The zero-order valence-electron chi connectivity index (χ0n) is 12.7. The van der Waals surface area contributed by atoms with Crippen LogP contribution in [0.3, 0.4) is 0 Å². The predicted molar refractivity (Wildman–Crippen MR) is 82.9 cm³/mol. The third kappa shape index (κ3) is 4.01.